The monoisotopic (exact) mass is 423 g/mol. The Kier molecular flexibility index (Phi) is 6.05. The summed E-state index contributed by atoms with van der Waals surface area (Å²) in [5.41, 5.74) is 3.33. The van der Waals surface area contributed by atoms with Crippen LogP contribution in [0.4, 0.5) is 5.69 Å². The standard InChI is InChI=1S/C19H22ClN3O2S2/c1-14-4-3-5-18(15(14)2)21-19(26)22-10-12-23(13-11-22)27(24,25)17-8-6-16(20)7-9-17/h3-9H,10-13H2,1-2H3,(H,21,26). The van der Waals surface area contributed by atoms with Crippen LogP contribution in [0.25, 0.3) is 0 Å². The van der Waals surface area contributed by atoms with Gasteiger partial charge in [0.2, 0.25) is 10.0 Å². The Hall–Kier alpha value is -1.67. The highest BCUT2D eigenvalue weighted by Crippen LogP contribution is 2.21. The Morgan fingerprint density at radius 2 is 1.67 bits per heavy atom. The van der Waals surface area contributed by atoms with Gasteiger partial charge in [0.15, 0.2) is 5.11 Å². The van der Waals surface area contributed by atoms with E-state index in [0.29, 0.717) is 36.3 Å². The zero-order chi connectivity index (χ0) is 19.6. The first-order valence-corrected chi connectivity index (χ1v) is 10.9. The molecular formula is C19H22ClN3O2S2. The highest BCUT2D eigenvalue weighted by atomic mass is 35.5. The fourth-order valence-electron chi connectivity index (χ4n) is 2.97. The maximum Gasteiger partial charge on any atom is 0.243 e. The summed E-state index contributed by atoms with van der Waals surface area (Å²) in [6.45, 7) is 5.98. The number of rotatable bonds is 3. The Morgan fingerprint density at radius 3 is 2.30 bits per heavy atom. The van der Waals surface area contributed by atoms with Crippen LogP contribution < -0.4 is 5.32 Å². The van der Waals surface area contributed by atoms with Crippen molar-refractivity contribution in [1.29, 1.82) is 0 Å². The fourth-order valence-corrected chi connectivity index (χ4v) is 4.81. The smallest absolute Gasteiger partial charge is 0.243 e. The van der Waals surface area contributed by atoms with Gasteiger partial charge in [0.25, 0.3) is 0 Å². The van der Waals surface area contributed by atoms with Gasteiger partial charge in [0.1, 0.15) is 0 Å². The average molecular weight is 424 g/mol. The van der Waals surface area contributed by atoms with Crippen molar-refractivity contribution in [2.75, 3.05) is 31.5 Å². The zero-order valence-electron chi connectivity index (χ0n) is 15.3. The molecule has 1 aliphatic heterocycles. The minimum Gasteiger partial charge on any atom is -0.346 e. The second-order valence-electron chi connectivity index (χ2n) is 6.52. The number of sulfonamides is 1. The van der Waals surface area contributed by atoms with Crippen LogP contribution in [0.3, 0.4) is 0 Å². The molecule has 3 rings (SSSR count). The van der Waals surface area contributed by atoms with E-state index in [1.807, 2.05) is 17.0 Å². The summed E-state index contributed by atoms with van der Waals surface area (Å²) in [7, 11) is -3.51. The van der Waals surface area contributed by atoms with Crippen molar-refractivity contribution in [1.82, 2.24) is 9.21 Å². The molecule has 0 spiro atoms. The van der Waals surface area contributed by atoms with Crippen LogP contribution in [0.15, 0.2) is 47.4 Å². The van der Waals surface area contributed by atoms with Gasteiger partial charge in [0, 0.05) is 36.9 Å². The summed E-state index contributed by atoms with van der Waals surface area (Å²) in [6.07, 6.45) is 0. The highest BCUT2D eigenvalue weighted by molar-refractivity contribution is 7.89. The molecule has 1 aliphatic rings. The predicted molar refractivity (Wildman–Crippen MR) is 114 cm³/mol. The van der Waals surface area contributed by atoms with E-state index < -0.39 is 10.0 Å². The summed E-state index contributed by atoms with van der Waals surface area (Å²) in [5.74, 6) is 0. The van der Waals surface area contributed by atoms with Gasteiger partial charge in [-0.25, -0.2) is 8.42 Å². The third-order valence-corrected chi connectivity index (χ3v) is 7.35. The first-order valence-electron chi connectivity index (χ1n) is 8.67. The maximum atomic E-state index is 12.8. The lowest BCUT2D eigenvalue weighted by Gasteiger charge is -2.35. The SMILES string of the molecule is Cc1cccc(NC(=S)N2CCN(S(=O)(=O)c3ccc(Cl)cc3)CC2)c1C. The number of hydrogen-bond acceptors (Lipinski definition) is 3. The molecule has 1 saturated heterocycles. The van der Waals surface area contributed by atoms with Gasteiger partial charge in [-0.3, -0.25) is 0 Å². The molecule has 0 unspecified atom stereocenters. The summed E-state index contributed by atoms with van der Waals surface area (Å²) in [4.78, 5) is 2.27. The molecule has 0 radical (unpaired) electrons. The molecule has 0 saturated carbocycles. The van der Waals surface area contributed by atoms with Crippen molar-refractivity contribution in [3.63, 3.8) is 0 Å². The van der Waals surface area contributed by atoms with Gasteiger partial charge in [0.05, 0.1) is 4.90 Å². The fraction of sp³-hybridized carbons (Fsp3) is 0.316. The van der Waals surface area contributed by atoms with E-state index >= 15 is 0 Å². The van der Waals surface area contributed by atoms with Crippen molar-refractivity contribution in [3.05, 3.63) is 58.6 Å². The van der Waals surface area contributed by atoms with Crippen LogP contribution in [0.1, 0.15) is 11.1 Å². The van der Waals surface area contributed by atoms with Crippen molar-refractivity contribution >= 4 is 44.6 Å². The van der Waals surface area contributed by atoms with E-state index in [4.69, 9.17) is 23.8 Å². The lowest BCUT2D eigenvalue weighted by atomic mass is 10.1. The lowest BCUT2D eigenvalue weighted by Crippen LogP contribution is -2.51. The molecule has 0 aliphatic carbocycles. The lowest BCUT2D eigenvalue weighted by molar-refractivity contribution is 0.268. The van der Waals surface area contributed by atoms with Crippen LogP contribution in [0.2, 0.25) is 5.02 Å². The molecule has 144 valence electrons. The second-order valence-corrected chi connectivity index (χ2v) is 9.28. The number of nitrogens with one attached hydrogen (secondary N) is 1. The van der Waals surface area contributed by atoms with Gasteiger partial charge in [-0.1, -0.05) is 23.7 Å². The van der Waals surface area contributed by atoms with E-state index in [2.05, 4.69) is 25.2 Å². The van der Waals surface area contributed by atoms with Crippen molar-refractivity contribution in [2.24, 2.45) is 0 Å². The maximum absolute atomic E-state index is 12.8. The Balaban J connectivity index is 1.63. The predicted octanol–water partition coefficient (Wildman–Crippen LogP) is 3.66. The van der Waals surface area contributed by atoms with E-state index in [1.54, 1.807) is 12.1 Å². The van der Waals surface area contributed by atoms with Crippen LogP contribution >= 0.6 is 23.8 Å². The number of anilines is 1. The molecule has 5 nitrogen and oxygen atoms in total. The number of aryl methyl sites for hydroxylation is 1. The summed E-state index contributed by atoms with van der Waals surface area (Å²) in [5, 5.41) is 4.42. The molecule has 1 N–H and O–H groups in total. The molecule has 8 heteroatoms. The molecule has 2 aromatic rings. The minimum absolute atomic E-state index is 0.261. The molecule has 0 amide bonds. The number of piperazine rings is 1. The third kappa shape index (κ3) is 4.43. The van der Waals surface area contributed by atoms with Crippen LogP contribution in [-0.4, -0.2) is 48.9 Å². The Labute approximate surface area is 171 Å². The molecule has 0 aromatic heterocycles. The first-order chi connectivity index (χ1) is 12.8. The van der Waals surface area contributed by atoms with Gasteiger partial charge in [-0.2, -0.15) is 4.31 Å². The molecule has 2 aromatic carbocycles. The molecule has 1 fully saturated rings. The number of thiocarbonyl (C=S) groups is 1. The molecule has 0 atom stereocenters. The molecule has 27 heavy (non-hydrogen) atoms. The van der Waals surface area contributed by atoms with Crippen LogP contribution in [0, 0.1) is 13.8 Å². The van der Waals surface area contributed by atoms with Crippen molar-refractivity contribution < 1.29 is 8.42 Å². The average Bonchev–Trinajstić information content (AvgIpc) is 2.66. The largest absolute Gasteiger partial charge is 0.346 e. The van der Waals surface area contributed by atoms with Crippen molar-refractivity contribution in [2.45, 2.75) is 18.7 Å². The van der Waals surface area contributed by atoms with Gasteiger partial charge in [-0.05, 0) is 67.5 Å². The Morgan fingerprint density at radius 1 is 1.04 bits per heavy atom. The molecular weight excluding hydrogens is 402 g/mol. The topological polar surface area (TPSA) is 52.6 Å². The minimum atomic E-state index is -3.51. The van der Waals surface area contributed by atoms with Gasteiger partial charge in [-0.15, -0.1) is 0 Å². The van der Waals surface area contributed by atoms with Gasteiger partial charge >= 0.3 is 0 Å². The third-order valence-electron chi connectivity index (χ3n) is 4.82. The van der Waals surface area contributed by atoms with E-state index in [1.165, 1.54) is 22.0 Å². The second kappa shape index (κ2) is 8.14. The summed E-state index contributed by atoms with van der Waals surface area (Å²) in [6, 6.07) is 12.3. The zero-order valence-corrected chi connectivity index (χ0v) is 17.7. The van der Waals surface area contributed by atoms with E-state index in [9.17, 15) is 8.42 Å². The van der Waals surface area contributed by atoms with Gasteiger partial charge < -0.3 is 10.2 Å². The number of nitrogens with zero attached hydrogens (tertiary/aromatic N) is 2. The Bertz CT molecular complexity index is 938. The molecule has 0 bridgehead atoms. The normalized spacial score (nSPS) is 15.6. The summed E-state index contributed by atoms with van der Waals surface area (Å²) >= 11 is 11.4. The van der Waals surface area contributed by atoms with Crippen LogP contribution in [0.5, 0.6) is 0 Å². The summed E-state index contributed by atoms with van der Waals surface area (Å²) < 4.78 is 27.0. The van der Waals surface area contributed by atoms with E-state index in [0.717, 1.165) is 11.3 Å². The van der Waals surface area contributed by atoms with Crippen LogP contribution in [-0.2, 0) is 10.0 Å². The number of hydrogen-bond donors (Lipinski definition) is 1. The quantitative estimate of drug-likeness (QED) is 0.763. The number of halogens is 1. The molecule has 1 heterocycles. The number of benzene rings is 2. The first kappa shape index (κ1) is 20.1. The van der Waals surface area contributed by atoms with Crippen molar-refractivity contribution in [3.8, 4) is 0 Å². The highest BCUT2D eigenvalue weighted by Gasteiger charge is 2.29. The van der Waals surface area contributed by atoms with E-state index in [-0.39, 0.29) is 4.90 Å².